The van der Waals surface area contributed by atoms with E-state index < -0.39 is 10.0 Å². The number of aromatic nitrogens is 1. The Hall–Kier alpha value is -1.82. The van der Waals surface area contributed by atoms with Crippen molar-refractivity contribution in [2.75, 3.05) is 4.72 Å². The zero-order valence-electron chi connectivity index (χ0n) is 11.1. The first kappa shape index (κ1) is 13.6. The number of nitrogens with one attached hydrogen (secondary N) is 1. The molecule has 0 aliphatic heterocycles. The molecule has 5 nitrogen and oxygen atoms in total. The summed E-state index contributed by atoms with van der Waals surface area (Å²) in [5.41, 5.74) is 1.89. The van der Waals surface area contributed by atoms with Crippen LogP contribution in [-0.4, -0.2) is 13.6 Å². The number of anilines is 1. The van der Waals surface area contributed by atoms with E-state index in [1.54, 1.807) is 26.0 Å². The molecule has 1 N–H and O–H groups in total. The maximum Gasteiger partial charge on any atom is 0.267 e. The minimum atomic E-state index is -3.67. The van der Waals surface area contributed by atoms with Gasteiger partial charge < -0.3 is 4.52 Å². The molecule has 0 aliphatic rings. The van der Waals surface area contributed by atoms with Crippen molar-refractivity contribution in [2.24, 2.45) is 0 Å². The van der Waals surface area contributed by atoms with Crippen LogP contribution in [0.5, 0.6) is 0 Å². The van der Waals surface area contributed by atoms with E-state index in [9.17, 15) is 8.42 Å². The van der Waals surface area contributed by atoms with Crippen LogP contribution in [0.25, 0.3) is 0 Å². The molecule has 19 heavy (non-hydrogen) atoms. The van der Waals surface area contributed by atoms with E-state index in [2.05, 4.69) is 9.88 Å². The number of para-hydroxylation sites is 1. The molecular weight excluding hydrogens is 264 g/mol. The topological polar surface area (TPSA) is 72.2 Å². The number of rotatable bonds is 4. The largest absolute Gasteiger partial charge is 0.360 e. The minimum absolute atomic E-state index is 0.110. The van der Waals surface area contributed by atoms with Gasteiger partial charge in [0.05, 0.1) is 5.69 Å². The van der Waals surface area contributed by atoms with Crippen molar-refractivity contribution in [1.82, 2.24) is 5.16 Å². The summed E-state index contributed by atoms with van der Waals surface area (Å²) in [7, 11) is -3.67. The third-order valence-corrected chi connectivity index (χ3v) is 4.49. The highest BCUT2D eigenvalue weighted by molar-refractivity contribution is 7.92. The number of hydrogen-bond donors (Lipinski definition) is 1. The first-order chi connectivity index (χ1) is 8.95. The van der Waals surface area contributed by atoms with Gasteiger partial charge in [-0.1, -0.05) is 30.3 Å². The zero-order chi connectivity index (χ0) is 14.0. The van der Waals surface area contributed by atoms with Crippen molar-refractivity contribution in [3.8, 4) is 0 Å². The van der Waals surface area contributed by atoms with Crippen LogP contribution >= 0.6 is 0 Å². The van der Waals surface area contributed by atoms with Crippen LogP contribution in [0, 0.1) is 13.8 Å². The normalized spacial score (nSPS) is 11.5. The Morgan fingerprint density at radius 3 is 2.53 bits per heavy atom. The molecule has 0 radical (unpaired) electrons. The highest BCUT2D eigenvalue weighted by atomic mass is 32.2. The number of nitrogens with zero attached hydrogens (tertiary/aromatic N) is 1. The molecule has 102 valence electrons. The fraction of sp³-hybridized carbons (Fsp3) is 0.308. The molecule has 6 heteroatoms. The van der Waals surface area contributed by atoms with E-state index in [4.69, 9.17) is 4.52 Å². The van der Waals surface area contributed by atoms with Gasteiger partial charge in [-0.2, -0.15) is 0 Å². The molecule has 0 bridgehead atoms. The van der Waals surface area contributed by atoms with E-state index in [0.29, 0.717) is 17.1 Å². The molecule has 2 aromatic rings. The summed E-state index contributed by atoms with van der Waals surface area (Å²) in [5.74, 6) is 0.291. The van der Waals surface area contributed by atoms with Crippen molar-refractivity contribution < 1.29 is 12.9 Å². The van der Waals surface area contributed by atoms with Crippen LogP contribution in [0.4, 0.5) is 5.69 Å². The van der Waals surface area contributed by atoms with Crippen molar-refractivity contribution in [1.29, 1.82) is 0 Å². The predicted molar refractivity (Wildman–Crippen MR) is 72.6 cm³/mol. The summed E-state index contributed by atoms with van der Waals surface area (Å²) >= 11 is 0. The fourth-order valence-corrected chi connectivity index (χ4v) is 3.41. The first-order valence-corrected chi connectivity index (χ1v) is 7.47. The van der Waals surface area contributed by atoms with Gasteiger partial charge in [-0.05, 0) is 31.9 Å². The smallest absolute Gasteiger partial charge is 0.267 e. The first-order valence-electron chi connectivity index (χ1n) is 5.99. The second kappa shape index (κ2) is 5.05. The van der Waals surface area contributed by atoms with Gasteiger partial charge in [-0.15, -0.1) is 0 Å². The number of aryl methyl sites for hydroxylation is 3. The summed E-state index contributed by atoms with van der Waals surface area (Å²) in [6, 6.07) is 7.32. The average Bonchev–Trinajstić information content (AvgIpc) is 2.70. The second-order valence-corrected chi connectivity index (χ2v) is 5.89. The zero-order valence-corrected chi connectivity index (χ0v) is 11.9. The van der Waals surface area contributed by atoms with Gasteiger partial charge in [0.25, 0.3) is 10.0 Å². The van der Waals surface area contributed by atoms with Crippen LogP contribution in [0.2, 0.25) is 0 Å². The molecule has 1 aromatic carbocycles. The van der Waals surface area contributed by atoms with E-state index in [1.807, 2.05) is 19.1 Å². The molecule has 0 aliphatic carbocycles. The van der Waals surface area contributed by atoms with E-state index in [-0.39, 0.29) is 4.90 Å². The van der Waals surface area contributed by atoms with Gasteiger partial charge in [0.15, 0.2) is 10.7 Å². The van der Waals surface area contributed by atoms with Crippen LogP contribution in [0.1, 0.15) is 23.9 Å². The van der Waals surface area contributed by atoms with Crippen molar-refractivity contribution >= 4 is 15.7 Å². The van der Waals surface area contributed by atoms with Crippen molar-refractivity contribution in [3.05, 3.63) is 41.3 Å². The van der Waals surface area contributed by atoms with Gasteiger partial charge in [0.2, 0.25) is 0 Å². The van der Waals surface area contributed by atoms with Crippen LogP contribution in [0.3, 0.4) is 0 Å². The monoisotopic (exact) mass is 280 g/mol. The highest BCUT2D eigenvalue weighted by Gasteiger charge is 2.24. The van der Waals surface area contributed by atoms with E-state index >= 15 is 0 Å². The molecule has 0 unspecified atom stereocenters. The maximum atomic E-state index is 12.4. The second-order valence-electron chi connectivity index (χ2n) is 4.27. The Balaban J connectivity index is 2.43. The third kappa shape index (κ3) is 2.63. The van der Waals surface area contributed by atoms with Gasteiger partial charge in [0.1, 0.15) is 5.69 Å². The number of benzene rings is 1. The Kier molecular flexibility index (Phi) is 3.61. The van der Waals surface area contributed by atoms with Gasteiger partial charge in [0, 0.05) is 0 Å². The third-order valence-electron chi connectivity index (χ3n) is 2.88. The lowest BCUT2D eigenvalue weighted by Gasteiger charge is -2.11. The molecule has 0 amide bonds. The van der Waals surface area contributed by atoms with Crippen LogP contribution in [-0.2, 0) is 16.4 Å². The van der Waals surface area contributed by atoms with Crippen LogP contribution < -0.4 is 4.72 Å². The summed E-state index contributed by atoms with van der Waals surface area (Å²) in [4.78, 5) is 0.110. The predicted octanol–water partition coefficient (Wildman–Crippen LogP) is 2.65. The number of sulfonamides is 1. The van der Waals surface area contributed by atoms with Crippen molar-refractivity contribution in [2.45, 2.75) is 32.1 Å². The van der Waals surface area contributed by atoms with Gasteiger partial charge in [-0.3, -0.25) is 4.72 Å². The molecule has 1 aromatic heterocycles. The van der Waals surface area contributed by atoms with Crippen LogP contribution in [0.15, 0.2) is 33.7 Å². The molecule has 0 saturated heterocycles. The van der Waals surface area contributed by atoms with E-state index in [0.717, 1.165) is 12.0 Å². The van der Waals surface area contributed by atoms with Gasteiger partial charge in [-0.25, -0.2) is 8.42 Å². The lowest BCUT2D eigenvalue weighted by molar-refractivity contribution is 0.390. The molecule has 1 heterocycles. The Morgan fingerprint density at radius 2 is 1.95 bits per heavy atom. The molecule has 0 atom stereocenters. The Bertz CT molecular complexity index is 670. The Morgan fingerprint density at radius 1 is 1.26 bits per heavy atom. The fourth-order valence-electron chi connectivity index (χ4n) is 1.98. The summed E-state index contributed by atoms with van der Waals surface area (Å²) in [6.45, 7) is 5.17. The molecule has 0 spiro atoms. The minimum Gasteiger partial charge on any atom is -0.360 e. The summed E-state index contributed by atoms with van der Waals surface area (Å²) < 4.78 is 32.2. The summed E-state index contributed by atoms with van der Waals surface area (Å²) in [6.07, 6.45) is 0.750. The lowest BCUT2D eigenvalue weighted by atomic mass is 10.1. The lowest BCUT2D eigenvalue weighted by Crippen LogP contribution is -2.15. The van der Waals surface area contributed by atoms with Crippen molar-refractivity contribution in [3.63, 3.8) is 0 Å². The molecule has 0 fully saturated rings. The van der Waals surface area contributed by atoms with Gasteiger partial charge >= 0.3 is 0 Å². The standard InChI is InChI=1S/C13H16N2O3S/c1-4-11-7-5-6-8-12(11)15-19(16,17)13-9(2)14-18-10(13)3/h5-8,15H,4H2,1-3H3. The quantitative estimate of drug-likeness (QED) is 0.934. The molecular formula is C13H16N2O3S. The number of hydrogen-bond acceptors (Lipinski definition) is 4. The Labute approximate surface area is 112 Å². The van der Waals surface area contributed by atoms with E-state index in [1.165, 1.54) is 0 Å². The maximum absolute atomic E-state index is 12.4. The summed E-state index contributed by atoms with van der Waals surface area (Å²) in [5, 5.41) is 3.67. The molecule has 0 saturated carbocycles. The molecule has 2 rings (SSSR count). The highest BCUT2D eigenvalue weighted by Crippen LogP contribution is 2.24. The average molecular weight is 280 g/mol. The SMILES string of the molecule is CCc1ccccc1NS(=O)(=O)c1c(C)noc1C.